The van der Waals surface area contributed by atoms with Gasteiger partial charge in [-0.25, -0.2) is 14.5 Å². The summed E-state index contributed by atoms with van der Waals surface area (Å²) in [6, 6.07) is 7.57. The Morgan fingerprint density at radius 2 is 2.25 bits per heavy atom. The summed E-state index contributed by atoms with van der Waals surface area (Å²) in [6.45, 7) is 2.06. The van der Waals surface area contributed by atoms with Gasteiger partial charge in [0, 0.05) is 12.8 Å². The van der Waals surface area contributed by atoms with Crippen LogP contribution in [-0.2, 0) is 17.6 Å². The van der Waals surface area contributed by atoms with Crippen LogP contribution in [-0.4, -0.2) is 25.8 Å². The number of aliphatic carboxylic acids is 1. The lowest BCUT2D eigenvalue weighted by molar-refractivity contribution is -0.141. The molecule has 2 aromatic rings. The highest BCUT2D eigenvalue weighted by molar-refractivity contribution is 5.71. The predicted molar refractivity (Wildman–Crippen MR) is 73.6 cm³/mol. The van der Waals surface area contributed by atoms with E-state index >= 15 is 0 Å². The van der Waals surface area contributed by atoms with Crippen molar-refractivity contribution < 1.29 is 9.90 Å². The van der Waals surface area contributed by atoms with E-state index in [0.717, 1.165) is 18.7 Å². The molecule has 1 unspecified atom stereocenters. The molecule has 0 saturated carbocycles. The summed E-state index contributed by atoms with van der Waals surface area (Å²) < 4.78 is 1.60. The van der Waals surface area contributed by atoms with Crippen molar-refractivity contribution in [3.05, 3.63) is 47.0 Å². The van der Waals surface area contributed by atoms with Gasteiger partial charge < -0.3 is 5.11 Å². The second-order valence-corrected chi connectivity index (χ2v) is 5.24. The fourth-order valence-corrected chi connectivity index (χ4v) is 2.68. The Kier molecular flexibility index (Phi) is 3.26. The van der Waals surface area contributed by atoms with Gasteiger partial charge in [-0.1, -0.05) is 24.3 Å². The van der Waals surface area contributed by atoms with E-state index in [4.69, 9.17) is 0 Å². The molecule has 0 saturated heterocycles. The van der Waals surface area contributed by atoms with Crippen LogP contribution < -0.4 is 0 Å². The number of aromatic nitrogens is 3. The number of rotatable bonds is 3. The summed E-state index contributed by atoms with van der Waals surface area (Å²) in [4.78, 5) is 15.8. The lowest BCUT2D eigenvalue weighted by Crippen LogP contribution is -2.26. The molecule has 104 valence electrons. The number of carbonyl (C=O) groups is 1. The Morgan fingerprint density at radius 3 is 3.00 bits per heavy atom. The highest BCUT2D eigenvalue weighted by Crippen LogP contribution is 2.24. The van der Waals surface area contributed by atoms with Crippen molar-refractivity contribution in [2.24, 2.45) is 0 Å². The van der Waals surface area contributed by atoms with Gasteiger partial charge in [-0.15, -0.1) is 0 Å². The number of carboxylic acid groups (broad SMARTS) is 1. The van der Waals surface area contributed by atoms with Crippen LogP contribution in [0.3, 0.4) is 0 Å². The third kappa shape index (κ3) is 2.31. The Hall–Kier alpha value is -2.17. The predicted octanol–water partition coefficient (Wildman–Crippen LogP) is 2.14. The van der Waals surface area contributed by atoms with E-state index in [1.807, 2.05) is 12.1 Å². The SMILES string of the molecule is Cc1ccccc1Cc1nc2n(n1)C(C(=O)O)CCC2. The molecule has 1 aliphatic rings. The Morgan fingerprint density at radius 1 is 1.45 bits per heavy atom. The Balaban J connectivity index is 1.90. The average molecular weight is 271 g/mol. The number of carboxylic acids is 1. The first-order valence-electron chi connectivity index (χ1n) is 6.87. The molecule has 2 heterocycles. The van der Waals surface area contributed by atoms with Crippen LogP contribution in [0, 0.1) is 6.92 Å². The molecule has 1 N–H and O–H groups in total. The summed E-state index contributed by atoms with van der Waals surface area (Å²) in [7, 11) is 0. The fraction of sp³-hybridized carbons (Fsp3) is 0.400. The Labute approximate surface area is 117 Å². The van der Waals surface area contributed by atoms with Gasteiger partial charge in [-0.05, 0) is 30.9 Å². The van der Waals surface area contributed by atoms with E-state index in [9.17, 15) is 9.90 Å². The van der Waals surface area contributed by atoms with Gasteiger partial charge in [-0.3, -0.25) is 0 Å². The van der Waals surface area contributed by atoms with Gasteiger partial charge >= 0.3 is 5.97 Å². The molecule has 1 aliphatic heterocycles. The highest BCUT2D eigenvalue weighted by atomic mass is 16.4. The molecule has 1 atom stereocenters. The summed E-state index contributed by atoms with van der Waals surface area (Å²) in [6.07, 6.45) is 2.96. The molecule has 0 aliphatic carbocycles. The summed E-state index contributed by atoms with van der Waals surface area (Å²) in [5.41, 5.74) is 2.39. The van der Waals surface area contributed by atoms with E-state index < -0.39 is 12.0 Å². The highest BCUT2D eigenvalue weighted by Gasteiger charge is 2.28. The zero-order chi connectivity index (χ0) is 14.1. The molecule has 0 radical (unpaired) electrons. The van der Waals surface area contributed by atoms with Crippen molar-refractivity contribution in [3.63, 3.8) is 0 Å². The first-order valence-corrected chi connectivity index (χ1v) is 6.87. The first-order chi connectivity index (χ1) is 9.65. The zero-order valence-electron chi connectivity index (χ0n) is 11.4. The smallest absolute Gasteiger partial charge is 0.328 e. The molecule has 1 aromatic carbocycles. The number of benzene rings is 1. The number of hydrogen-bond acceptors (Lipinski definition) is 3. The largest absolute Gasteiger partial charge is 0.480 e. The van der Waals surface area contributed by atoms with E-state index in [1.54, 1.807) is 4.68 Å². The van der Waals surface area contributed by atoms with Crippen LogP contribution in [0.1, 0.15) is 41.7 Å². The lowest BCUT2D eigenvalue weighted by atomic mass is 10.1. The van der Waals surface area contributed by atoms with Gasteiger partial charge in [0.1, 0.15) is 5.82 Å². The minimum absolute atomic E-state index is 0.558. The third-order valence-electron chi connectivity index (χ3n) is 3.81. The van der Waals surface area contributed by atoms with Crippen LogP contribution in [0.25, 0.3) is 0 Å². The second-order valence-electron chi connectivity index (χ2n) is 5.24. The third-order valence-corrected chi connectivity index (χ3v) is 3.81. The average Bonchev–Trinajstić information content (AvgIpc) is 2.83. The van der Waals surface area contributed by atoms with Gasteiger partial charge in [0.05, 0.1) is 0 Å². The second kappa shape index (κ2) is 5.07. The van der Waals surface area contributed by atoms with Crippen molar-refractivity contribution in [2.45, 2.75) is 38.6 Å². The number of fused-ring (bicyclic) bond motifs is 1. The molecule has 5 heteroatoms. The maximum absolute atomic E-state index is 11.3. The summed E-state index contributed by atoms with van der Waals surface area (Å²) in [5, 5.41) is 13.7. The van der Waals surface area contributed by atoms with Gasteiger partial charge in [-0.2, -0.15) is 5.10 Å². The molecular formula is C15H17N3O2. The monoisotopic (exact) mass is 271 g/mol. The fourth-order valence-electron chi connectivity index (χ4n) is 2.68. The summed E-state index contributed by atoms with van der Waals surface area (Å²) in [5.74, 6) is 0.688. The van der Waals surface area contributed by atoms with Crippen molar-refractivity contribution >= 4 is 5.97 Å². The number of hydrogen-bond donors (Lipinski definition) is 1. The van der Waals surface area contributed by atoms with E-state index in [0.29, 0.717) is 18.7 Å². The number of nitrogens with zero attached hydrogens (tertiary/aromatic N) is 3. The topological polar surface area (TPSA) is 68.0 Å². The minimum atomic E-state index is -0.821. The lowest BCUT2D eigenvalue weighted by Gasteiger charge is -2.19. The van der Waals surface area contributed by atoms with E-state index in [-0.39, 0.29) is 0 Å². The minimum Gasteiger partial charge on any atom is -0.480 e. The first kappa shape index (κ1) is 12.8. The maximum atomic E-state index is 11.3. The van der Waals surface area contributed by atoms with Gasteiger partial charge in [0.25, 0.3) is 0 Å². The standard InChI is InChI=1S/C15H17N3O2/c1-10-5-2-3-6-11(10)9-13-16-14-8-4-7-12(15(19)20)18(14)17-13/h2-3,5-6,12H,4,7-9H2,1H3,(H,19,20). The quantitative estimate of drug-likeness (QED) is 0.928. The maximum Gasteiger partial charge on any atom is 0.328 e. The van der Waals surface area contributed by atoms with E-state index in [2.05, 4.69) is 29.1 Å². The zero-order valence-corrected chi connectivity index (χ0v) is 11.4. The molecule has 3 rings (SSSR count). The van der Waals surface area contributed by atoms with Gasteiger partial charge in [0.15, 0.2) is 11.9 Å². The van der Waals surface area contributed by atoms with Crippen LogP contribution >= 0.6 is 0 Å². The van der Waals surface area contributed by atoms with Crippen molar-refractivity contribution in [3.8, 4) is 0 Å². The van der Waals surface area contributed by atoms with Crippen LogP contribution in [0.4, 0.5) is 0 Å². The van der Waals surface area contributed by atoms with Crippen molar-refractivity contribution in [1.82, 2.24) is 14.8 Å². The van der Waals surface area contributed by atoms with Crippen molar-refractivity contribution in [2.75, 3.05) is 0 Å². The molecule has 0 amide bonds. The van der Waals surface area contributed by atoms with E-state index in [1.165, 1.54) is 11.1 Å². The van der Waals surface area contributed by atoms with Crippen LogP contribution in [0.5, 0.6) is 0 Å². The number of aryl methyl sites for hydroxylation is 2. The summed E-state index contributed by atoms with van der Waals surface area (Å²) >= 11 is 0. The van der Waals surface area contributed by atoms with Crippen LogP contribution in [0.15, 0.2) is 24.3 Å². The normalized spacial score (nSPS) is 17.8. The molecule has 0 spiro atoms. The van der Waals surface area contributed by atoms with Crippen LogP contribution in [0.2, 0.25) is 0 Å². The molecular weight excluding hydrogens is 254 g/mol. The van der Waals surface area contributed by atoms with Gasteiger partial charge in [0.2, 0.25) is 0 Å². The molecule has 1 aromatic heterocycles. The molecule has 5 nitrogen and oxygen atoms in total. The van der Waals surface area contributed by atoms with Crippen molar-refractivity contribution in [1.29, 1.82) is 0 Å². The molecule has 20 heavy (non-hydrogen) atoms. The molecule has 0 fully saturated rings. The molecule has 0 bridgehead atoms. The Bertz CT molecular complexity index is 648.